The van der Waals surface area contributed by atoms with Crippen LogP contribution in [0.5, 0.6) is 5.75 Å². The molecule has 2 heteroatoms. The molecule has 1 unspecified atom stereocenters. The Labute approximate surface area is 114 Å². The second kappa shape index (κ2) is 5.06. The van der Waals surface area contributed by atoms with Crippen LogP contribution >= 0.6 is 0 Å². The molecule has 0 saturated heterocycles. The molecule has 0 aromatic heterocycles. The molecule has 1 atom stereocenters. The number of hydrogen-bond donors (Lipinski definition) is 1. The number of benzene rings is 2. The highest BCUT2D eigenvalue weighted by molar-refractivity contribution is 5.67. The molecule has 1 aliphatic carbocycles. The summed E-state index contributed by atoms with van der Waals surface area (Å²) in [6.07, 6.45) is 2.37. The van der Waals surface area contributed by atoms with E-state index in [1.54, 1.807) is 7.11 Å². The first-order valence-electron chi connectivity index (χ1n) is 6.76. The van der Waals surface area contributed by atoms with E-state index in [1.807, 2.05) is 19.2 Å². The molecule has 98 valence electrons. The third kappa shape index (κ3) is 2.24. The molecule has 2 nitrogen and oxygen atoms in total. The van der Waals surface area contributed by atoms with Gasteiger partial charge in [-0.05, 0) is 54.3 Å². The van der Waals surface area contributed by atoms with Crippen LogP contribution in [-0.2, 0) is 6.42 Å². The first kappa shape index (κ1) is 12.2. The molecule has 0 aliphatic heterocycles. The van der Waals surface area contributed by atoms with Gasteiger partial charge in [0.2, 0.25) is 0 Å². The van der Waals surface area contributed by atoms with Gasteiger partial charge in [0.25, 0.3) is 0 Å². The van der Waals surface area contributed by atoms with Gasteiger partial charge in [-0.25, -0.2) is 0 Å². The van der Waals surface area contributed by atoms with Crippen LogP contribution in [0.25, 0.3) is 11.1 Å². The largest absolute Gasteiger partial charge is 0.497 e. The fourth-order valence-electron chi connectivity index (χ4n) is 2.90. The maximum atomic E-state index is 5.29. The van der Waals surface area contributed by atoms with Gasteiger partial charge >= 0.3 is 0 Å². The van der Waals surface area contributed by atoms with Gasteiger partial charge in [-0.1, -0.05) is 30.3 Å². The van der Waals surface area contributed by atoms with Crippen molar-refractivity contribution in [1.82, 2.24) is 5.32 Å². The first-order chi connectivity index (χ1) is 9.31. The van der Waals surface area contributed by atoms with E-state index in [9.17, 15) is 0 Å². The van der Waals surface area contributed by atoms with Gasteiger partial charge in [-0.15, -0.1) is 0 Å². The number of aryl methyl sites for hydroxylation is 1. The summed E-state index contributed by atoms with van der Waals surface area (Å²) in [6.45, 7) is 0. The van der Waals surface area contributed by atoms with Crippen molar-refractivity contribution in [3.8, 4) is 16.9 Å². The summed E-state index contributed by atoms with van der Waals surface area (Å²) in [5, 5.41) is 3.38. The highest BCUT2D eigenvalue weighted by atomic mass is 16.5. The van der Waals surface area contributed by atoms with E-state index >= 15 is 0 Å². The monoisotopic (exact) mass is 253 g/mol. The summed E-state index contributed by atoms with van der Waals surface area (Å²) < 4.78 is 5.29. The summed E-state index contributed by atoms with van der Waals surface area (Å²) in [5.74, 6) is 0.908. The Morgan fingerprint density at radius 3 is 2.74 bits per heavy atom. The molecule has 1 aliphatic rings. The molecular formula is C17H19NO. The van der Waals surface area contributed by atoms with Crippen molar-refractivity contribution in [3.05, 3.63) is 53.6 Å². The van der Waals surface area contributed by atoms with E-state index in [0.29, 0.717) is 6.04 Å². The topological polar surface area (TPSA) is 21.3 Å². The average molecular weight is 253 g/mol. The lowest BCUT2D eigenvalue weighted by Gasteiger charge is -2.11. The lowest BCUT2D eigenvalue weighted by atomic mass is 9.99. The van der Waals surface area contributed by atoms with Gasteiger partial charge in [0, 0.05) is 6.04 Å². The molecule has 3 rings (SSSR count). The SMILES string of the molecule is CNC1CCc2cc(-c3cccc(OC)c3)ccc21. The molecule has 0 amide bonds. The zero-order valence-corrected chi connectivity index (χ0v) is 11.4. The first-order valence-corrected chi connectivity index (χ1v) is 6.76. The van der Waals surface area contributed by atoms with Gasteiger partial charge in [0.1, 0.15) is 5.75 Å². The van der Waals surface area contributed by atoms with E-state index in [4.69, 9.17) is 4.74 Å². The molecule has 1 N–H and O–H groups in total. The number of nitrogens with one attached hydrogen (secondary N) is 1. The van der Waals surface area contributed by atoms with Crippen molar-refractivity contribution in [2.45, 2.75) is 18.9 Å². The number of methoxy groups -OCH3 is 1. The molecule has 0 heterocycles. The van der Waals surface area contributed by atoms with Crippen molar-refractivity contribution in [3.63, 3.8) is 0 Å². The maximum absolute atomic E-state index is 5.29. The van der Waals surface area contributed by atoms with Crippen LogP contribution in [0.1, 0.15) is 23.6 Å². The second-order valence-electron chi connectivity index (χ2n) is 5.03. The number of fused-ring (bicyclic) bond motifs is 1. The predicted molar refractivity (Wildman–Crippen MR) is 78.6 cm³/mol. The molecule has 2 aromatic carbocycles. The Balaban J connectivity index is 1.98. The van der Waals surface area contributed by atoms with Gasteiger partial charge in [0.15, 0.2) is 0 Å². The minimum atomic E-state index is 0.523. The summed E-state index contributed by atoms with van der Waals surface area (Å²) in [5.41, 5.74) is 5.42. The summed E-state index contributed by atoms with van der Waals surface area (Å²) in [7, 11) is 3.75. The highest BCUT2D eigenvalue weighted by Crippen LogP contribution is 2.34. The van der Waals surface area contributed by atoms with Crippen molar-refractivity contribution < 1.29 is 4.74 Å². The van der Waals surface area contributed by atoms with Crippen LogP contribution in [0, 0.1) is 0 Å². The predicted octanol–water partition coefficient (Wildman–Crippen LogP) is 3.57. The summed E-state index contributed by atoms with van der Waals surface area (Å²) >= 11 is 0. The lowest BCUT2D eigenvalue weighted by Crippen LogP contribution is -2.12. The van der Waals surface area contributed by atoms with Crippen LogP contribution in [0.4, 0.5) is 0 Å². The summed E-state index contributed by atoms with van der Waals surface area (Å²) in [4.78, 5) is 0. The molecule has 0 fully saturated rings. The van der Waals surface area contributed by atoms with E-state index in [0.717, 1.165) is 5.75 Å². The molecule has 0 saturated carbocycles. The third-order valence-electron chi connectivity index (χ3n) is 3.97. The Kier molecular flexibility index (Phi) is 3.26. The Bertz CT molecular complexity index is 592. The standard InChI is InChI=1S/C17H19NO/c1-18-17-9-7-14-10-13(6-8-16(14)17)12-4-3-5-15(11-12)19-2/h3-6,8,10-11,17-18H,7,9H2,1-2H3. The van der Waals surface area contributed by atoms with Crippen molar-refractivity contribution in [1.29, 1.82) is 0 Å². The Morgan fingerprint density at radius 2 is 1.95 bits per heavy atom. The van der Waals surface area contributed by atoms with Crippen molar-refractivity contribution >= 4 is 0 Å². The third-order valence-corrected chi connectivity index (χ3v) is 3.97. The summed E-state index contributed by atoms with van der Waals surface area (Å²) in [6, 6.07) is 15.6. The number of hydrogen-bond acceptors (Lipinski definition) is 2. The molecule has 0 bridgehead atoms. The Morgan fingerprint density at radius 1 is 1.11 bits per heavy atom. The quantitative estimate of drug-likeness (QED) is 0.903. The molecular weight excluding hydrogens is 234 g/mol. The van der Waals surface area contributed by atoms with Crippen LogP contribution < -0.4 is 10.1 Å². The smallest absolute Gasteiger partial charge is 0.119 e. The number of rotatable bonds is 3. The molecule has 2 aromatic rings. The van der Waals surface area contributed by atoms with E-state index < -0.39 is 0 Å². The van der Waals surface area contributed by atoms with Crippen LogP contribution in [0.3, 0.4) is 0 Å². The van der Waals surface area contributed by atoms with Crippen LogP contribution in [0.2, 0.25) is 0 Å². The van der Waals surface area contributed by atoms with Gasteiger partial charge < -0.3 is 10.1 Å². The molecule has 0 radical (unpaired) electrons. The average Bonchev–Trinajstić information content (AvgIpc) is 2.89. The zero-order valence-electron chi connectivity index (χ0n) is 11.4. The second-order valence-corrected chi connectivity index (χ2v) is 5.03. The zero-order chi connectivity index (χ0) is 13.2. The maximum Gasteiger partial charge on any atom is 0.119 e. The van der Waals surface area contributed by atoms with Crippen LogP contribution in [-0.4, -0.2) is 14.2 Å². The minimum absolute atomic E-state index is 0.523. The van der Waals surface area contributed by atoms with Gasteiger partial charge in [0.05, 0.1) is 7.11 Å². The van der Waals surface area contributed by atoms with Crippen molar-refractivity contribution in [2.24, 2.45) is 0 Å². The normalized spacial score (nSPS) is 17.3. The van der Waals surface area contributed by atoms with E-state index in [1.165, 1.54) is 35.1 Å². The van der Waals surface area contributed by atoms with Gasteiger partial charge in [-0.3, -0.25) is 0 Å². The molecule has 0 spiro atoms. The van der Waals surface area contributed by atoms with E-state index in [-0.39, 0.29) is 0 Å². The van der Waals surface area contributed by atoms with Crippen LogP contribution in [0.15, 0.2) is 42.5 Å². The number of ether oxygens (including phenoxy) is 1. The highest BCUT2D eigenvalue weighted by Gasteiger charge is 2.20. The van der Waals surface area contributed by atoms with Crippen molar-refractivity contribution in [2.75, 3.05) is 14.2 Å². The fourth-order valence-corrected chi connectivity index (χ4v) is 2.90. The lowest BCUT2D eigenvalue weighted by molar-refractivity contribution is 0.415. The van der Waals surface area contributed by atoms with Gasteiger partial charge in [-0.2, -0.15) is 0 Å². The molecule has 19 heavy (non-hydrogen) atoms. The minimum Gasteiger partial charge on any atom is -0.497 e. The Hall–Kier alpha value is -1.80. The van der Waals surface area contributed by atoms with E-state index in [2.05, 4.69) is 35.6 Å². The fraction of sp³-hybridized carbons (Fsp3) is 0.294.